The van der Waals surface area contributed by atoms with Crippen LogP contribution in [0.2, 0.25) is 0 Å². The zero-order valence-electron chi connectivity index (χ0n) is 13.9. The Hall–Kier alpha value is -2.33. The Morgan fingerprint density at radius 2 is 1.92 bits per heavy atom. The summed E-state index contributed by atoms with van der Waals surface area (Å²) >= 11 is 0. The van der Waals surface area contributed by atoms with E-state index in [1.807, 2.05) is 35.2 Å². The average Bonchev–Trinajstić information content (AvgIpc) is 3.07. The van der Waals surface area contributed by atoms with Crippen LogP contribution in [0.5, 0.6) is 5.75 Å². The molecule has 2 aromatic carbocycles. The van der Waals surface area contributed by atoms with Crippen LogP contribution in [0.15, 0.2) is 48.5 Å². The number of nitrogens with zero attached hydrogens (tertiary/aromatic N) is 1. The van der Waals surface area contributed by atoms with E-state index < -0.39 is 0 Å². The van der Waals surface area contributed by atoms with Gasteiger partial charge in [0.25, 0.3) is 0 Å². The molecular formula is C20H24N2O2. The normalized spacial score (nSPS) is 12.5. The summed E-state index contributed by atoms with van der Waals surface area (Å²) in [7, 11) is 0. The number of rotatable bonds is 7. The number of carbonyl (C=O) groups excluding carboxylic acids is 1. The first-order valence-electron chi connectivity index (χ1n) is 8.52. The first-order valence-corrected chi connectivity index (χ1v) is 8.52. The van der Waals surface area contributed by atoms with Gasteiger partial charge in [-0.05, 0) is 29.2 Å². The molecule has 0 spiro atoms. The van der Waals surface area contributed by atoms with Gasteiger partial charge in [-0.25, -0.2) is 0 Å². The molecule has 0 aromatic heterocycles. The van der Waals surface area contributed by atoms with Crippen molar-refractivity contribution in [1.29, 1.82) is 0 Å². The fourth-order valence-electron chi connectivity index (χ4n) is 3.06. The summed E-state index contributed by atoms with van der Waals surface area (Å²) in [5, 5.41) is 0. The van der Waals surface area contributed by atoms with Crippen LogP contribution in [0.25, 0.3) is 0 Å². The molecule has 1 aliphatic rings. The zero-order valence-corrected chi connectivity index (χ0v) is 13.9. The van der Waals surface area contributed by atoms with Gasteiger partial charge in [-0.1, -0.05) is 42.5 Å². The van der Waals surface area contributed by atoms with Gasteiger partial charge >= 0.3 is 0 Å². The lowest BCUT2D eigenvalue weighted by Gasteiger charge is -2.22. The third kappa shape index (κ3) is 4.15. The second-order valence-corrected chi connectivity index (χ2v) is 6.12. The summed E-state index contributed by atoms with van der Waals surface area (Å²) in [5.74, 6) is 1.09. The van der Waals surface area contributed by atoms with Crippen LogP contribution in [0, 0.1) is 0 Å². The van der Waals surface area contributed by atoms with Crippen LogP contribution >= 0.6 is 0 Å². The van der Waals surface area contributed by atoms with Crippen LogP contribution in [0.1, 0.15) is 16.7 Å². The highest BCUT2D eigenvalue weighted by Crippen LogP contribution is 2.26. The quantitative estimate of drug-likeness (QED) is 0.849. The first kappa shape index (κ1) is 16.5. The highest BCUT2D eigenvalue weighted by Gasteiger charge is 2.16. The van der Waals surface area contributed by atoms with E-state index in [1.54, 1.807) is 0 Å². The van der Waals surface area contributed by atoms with E-state index in [9.17, 15) is 4.79 Å². The molecule has 0 fully saturated rings. The van der Waals surface area contributed by atoms with Crippen molar-refractivity contribution in [3.63, 3.8) is 0 Å². The lowest BCUT2D eigenvalue weighted by Crippen LogP contribution is -2.37. The maximum atomic E-state index is 12.7. The third-order valence-corrected chi connectivity index (χ3v) is 4.37. The molecule has 4 heteroatoms. The topological polar surface area (TPSA) is 55.6 Å². The Labute approximate surface area is 143 Å². The number of benzene rings is 2. The minimum atomic E-state index is 0.134. The van der Waals surface area contributed by atoms with Crippen LogP contribution in [0.4, 0.5) is 0 Å². The molecular weight excluding hydrogens is 300 g/mol. The Morgan fingerprint density at radius 3 is 2.71 bits per heavy atom. The van der Waals surface area contributed by atoms with E-state index in [0.717, 1.165) is 30.8 Å². The second-order valence-electron chi connectivity index (χ2n) is 6.12. The first-order chi connectivity index (χ1) is 11.8. The molecule has 2 aromatic rings. The monoisotopic (exact) mass is 324 g/mol. The molecule has 0 aliphatic carbocycles. The van der Waals surface area contributed by atoms with Crippen molar-refractivity contribution < 1.29 is 9.53 Å². The molecule has 2 N–H and O–H groups in total. The van der Waals surface area contributed by atoms with E-state index in [-0.39, 0.29) is 5.91 Å². The Bertz CT molecular complexity index is 685. The van der Waals surface area contributed by atoms with Crippen molar-refractivity contribution in [2.45, 2.75) is 19.3 Å². The molecule has 1 aliphatic heterocycles. The predicted molar refractivity (Wildman–Crippen MR) is 95.1 cm³/mol. The molecule has 0 bridgehead atoms. The predicted octanol–water partition coefficient (Wildman–Crippen LogP) is 2.19. The van der Waals surface area contributed by atoms with Crippen LogP contribution in [-0.4, -0.2) is 37.0 Å². The number of hydrogen-bond donors (Lipinski definition) is 1. The minimum Gasteiger partial charge on any atom is -0.493 e. The molecule has 1 amide bonds. The van der Waals surface area contributed by atoms with Crippen molar-refractivity contribution in [2.24, 2.45) is 5.73 Å². The van der Waals surface area contributed by atoms with E-state index >= 15 is 0 Å². The third-order valence-electron chi connectivity index (χ3n) is 4.37. The number of hydrogen-bond acceptors (Lipinski definition) is 3. The number of nitrogens with two attached hydrogens (primary N) is 1. The lowest BCUT2D eigenvalue weighted by molar-refractivity contribution is -0.130. The maximum Gasteiger partial charge on any atom is 0.227 e. The minimum absolute atomic E-state index is 0.134. The number of carbonyl (C=O) groups is 1. The van der Waals surface area contributed by atoms with Gasteiger partial charge in [0.05, 0.1) is 13.0 Å². The van der Waals surface area contributed by atoms with Gasteiger partial charge < -0.3 is 15.4 Å². The number of amides is 1. The summed E-state index contributed by atoms with van der Waals surface area (Å²) in [6.45, 7) is 2.52. The van der Waals surface area contributed by atoms with Gasteiger partial charge in [-0.3, -0.25) is 4.79 Å². The van der Waals surface area contributed by atoms with Gasteiger partial charge in [0, 0.05) is 26.1 Å². The van der Waals surface area contributed by atoms with E-state index in [1.165, 1.54) is 11.1 Å². The summed E-state index contributed by atoms with van der Waals surface area (Å²) < 4.78 is 5.52. The van der Waals surface area contributed by atoms with E-state index in [2.05, 4.69) is 18.2 Å². The van der Waals surface area contributed by atoms with Gasteiger partial charge in [0.1, 0.15) is 5.75 Å². The van der Waals surface area contributed by atoms with Gasteiger partial charge in [0.15, 0.2) is 0 Å². The van der Waals surface area contributed by atoms with Crippen LogP contribution in [0.3, 0.4) is 0 Å². The average molecular weight is 324 g/mol. The molecule has 0 saturated heterocycles. The molecule has 0 saturated carbocycles. The van der Waals surface area contributed by atoms with Crippen molar-refractivity contribution in [1.82, 2.24) is 4.90 Å². The summed E-state index contributed by atoms with van der Waals surface area (Å²) in [6, 6.07) is 16.3. The summed E-state index contributed by atoms with van der Waals surface area (Å²) in [5.41, 5.74) is 9.18. The molecule has 3 rings (SSSR count). The van der Waals surface area contributed by atoms with Gasteiger partial charge in [-0.2, -0.15) is 0 Å². The smallest absolute Gasteiger partial charge is 0.227 e. The van der Waals surface area contributed by atoms with E-state index in [0.29, 0.717) is 26.1 Å². The van der Waals surface area contributed by atoms with Crippen molar-refractivity contribution in [3.8, 4) is 5.75 Å². The largest absolute Gasteiger partial charge is 0.493 e. The molecule has 0 atom stereocenters. The number of fused-ring (bicyclic) bond motifs is 1. The SMILES string of the molecule is NCCN(CCc1ccccc1)C(=O)Cc1ccc2c(c1)CCO2. The highest BCUT2D eigenvalue weighted by molar-refractivity contribution is 5.79. The van der Waals surface area contributed by atoms with Crippen molar-refractivity contribution >= 4 is 5.91 Å². The Kier molecular flexibility index (Phi) is 5.49. The van der Waals surface area contributed by atoms with Crippen molar-refractivity contribution in [3.05, 3.63) is 65.2 Å². The fraction of sp³-hybridized carbons (Fsp3) is 0.350. The molecule has 0 radical (unpaired) electrons. The number of ether oxygens (including phenoxy) is 1. The second kappa shape index (κ2) is 7.97. The van der Waals surface area contributed by atoms with E-state index in [4.69, 9.17) is 10.5 Å². The molecule has 1 heterocycles. The molecule has 24 heavy (non-hydrogen) atoms. The van der Waals surface area contributed by atoms with Gasteiger partial charge in [0.2, 0.25) is 5.91 Å². The Balaban J connectivity index is 1.61. The summed E-state index contributed by atoms with van der Waals surface area (Å²) in [4.78, 5) is 14.5. The fourth-order valence-corrected chi connectivity index (χ4v) is 3.06. The van der Waals surface area contributed by atoms with Crippen LogP contribution < -0.4 is 10.5 Å². The molecule has 126 valence electrons. The van der Waals surface area contributed by atoms with Crippen LogP contribution in [-0.2, 0) is 24.1 Å². The summed E-state index contributed by atoms with van der Waals surface area (Å²) in [6.07, 6.45) is 2.20. The maximum absolute atomic E-state index is 12.7. The zero-order chi connectivity index (χ0) is 16.8. The van der Waals surface area contributed by atoms with Gasteiger partial charge in [-0.15, -0.1) is 0 Å². The Morgan fingerprint density at radius 1 is 1.08 bits per heavy atom. The standard InChI is InChI=1S/C20H24N2O2/c21-10-12-22(11-8-16-4-2-1-3-5-16)20(23)15-17-6-7-19-18(14-17)9-13-24-19/h1-7,14H,8-13,15,21H2. The van der Waals surface area contributed by atoms with Crippen molar-refractivity contribution in [2.75, 3.05) is 26.2 Å². The lowest BCUT2D eigenvalue weighted by atomic mass is 10.1. The molecule has 4 nitrogen and oxygen atoms in total. The highest BCUT2D eigenvalue weighted by atomic mass is 16.5. The molecule has 0 unspecified atom stereocenters.